The fourth-order valence-electron chi connectivity index (χ4n) is 4.60. The second-order valence-electron chi connectivity index (χ2n) is 10.2. The molecule has 0 saturated carbocycles. The summed E-state index contributed by atoms with van der Waals surface area (Å²) < 4.78 is 3.39. The van der Waals surface area contributed by atoms with Gasteiger partial charge in [-0.3, -0.25) is 0 Å². The molecule has 0 aromatic carbocycles. The van der Waals surface area contributed by atoms with E-state index in [-0.39, 0.29) is 0 Å². The van der Waals surface area contributed by atoms with Crippen molar-refractivity contribution in [3.8, 4) is 0 Å². The topological polar surface area (TPSA) is 0 Å². The first-order chi connectivity index (χ1) is 12.1. The number of hydrogen-bond donors (Lipinski definition) is 0. The van der Waals surface area contributed by atoms with Crippen LogP contribution in [0.1, 0.15) is 33.7 Å². The molecule has 0 amide bonds. The van der Waals surface area contributed by atoms with Crippen LogP contribution in [-0.4, -0.2) is 16.1 Å². The van der Waals surface area contributed by atoms with Crippen LogP contribution < -0.4 is 9.00 Å². The molecule has 5 rings (SSSR count). The van der Waals surface area contributed by atoms with Gasteiger partial charge in [0.05, 0.1) is 16.1 Å². The van der Waals surface area contributed by atoms with Crippen molar-refractivity contribution in [3.05, 3.63) is 44.2 Å². The molecule has 2 aromatic heterocycles. The van der Waals surface area contributed by atoms with Crippen LogP contribution in [0, 0.1) is 0 Å². The van der Waals surface area contributed by atoms with Crippen molar-refractivity contribution >= 4 is 59.0 Å². The second-order valence-corrected chi connectivity index (χ2v) is 23.1. The summed E-state index contributed by atoms with van der Waals surface area (Å²) in [5.74, 6) is 0. The predicted octanol–water partition coefficient (Wildman–Crippen LogP) is 6.01. The molecule has 0 N–H and O–H groups in total. The van der Waals surface area contributed by atoms with Crippen LogP contribution in [0.15, 0.2) is 23.3 Å². The lowest BCUT2D eigenvalue weighted by Gasteiger charge is -2.20. The van der Waals surface area contributed by atoms with Gasteiger partial charge in [-0.2, -0.15) is 0 Å². The van der Waals surface area contributed by atoms with Crippen molar-refractivity contribution in [2.45, 2.75) is 65.0 Å². The highest BCUT2D eigenvalue weighted by Crippen LogP contribution is 2.53. The molecule has 4 heteroatoms. The summed E-state index contributed by atoms with van der Waals surface area (Å²) >= 11 is 4.26. The Morgan fingerprint density at radius 3 is 1.35 bits per heavy atom. The van der Waals surface area contributed by atoms with Crippen LogP contribution in [0.2, 0.25) is 39.3 Å². The van der Waals surface area contributed by atoms with Crippen LogP contribution in [0.4, 0.5) is 0 Å². The molecule has 0 fully saturated rings. The molecule has 2 aromatic rings. The second kappa shape index (κ2) is 5.43. The van der Waals surface area contributed by atoms with Crippen LogP contribution in [0.3, 0.4) is 0 Å². The van der Waals surface area contributed by atoms with Crippen LogP contribution in [0.5, 0.6) is 0 Å². The largest absolute Gasteiger partial charge is 0.145 e. The van der Waals surface area contributed by atoms with Gasteiger partial charge in [0, 0.05) is 9.75 Å². The summed E-state index contributed by atoms with van der Waals surface area (Å²) in [4.78, 5) is 3.31. The quantitative estimate of drug-likeness (QED) is 0.530. The fraction of sp³-hybridized carbons (Fsp3) is 0.455. The molecule has 26 heavy (non-hydrogen) atoms. The Labute approximate surface area is 167 Å². The van der Waals surface area contributed by atoms with Gasteiger partial charge in [0.25, 0.3) is 0 Å². The normalized spacial score (nSPS) is 19.0. The first-order valence-electron chi connectivity index (χ1n) is 9.84. The third-order valence-corrected chi connectivity index (χ3v) is 15.7. The zero-order valence-electron chi connectivity index (χ0n) is 16.8. The Morgan fingerprint density at radius 2 is 1.00 bits per heavy atom. The van der Waals surface area contributed by atoms with Crippen LogP contribution in [0.25, 0.3) is 11.1 Å². The van der Waals surface area contributed by atoms with E-state index in [2.05, 4.69) is 74.1 Å². The molecular formula is C22H28S2Si2. The smallest absolute Gasteiger partial charge is 0.0904 e. The summed E-state index contributed by atoms with van der Waals surface area (Å²) in [7, 11) is -2.37. The average molecular weight is 413 g/mol. The molecule has 136 valence electrons. The number of thiophene rings is 2. The first kappa shape index (κ1) is 17.4. The van der Waals surface area contributed by atoms with Crippen molar-refractivity contribution in [1.29, 1.82) is 0 Å². The van der Waals surface area contributed by atoms with Crippen molar-refractivity contribution in [2.24, 2.45) is 0 Å². The average Bonchev–Trinajstić information content (AvgIpc) is 3.21. The maximum absolute atomic E-state index is 2.57. The Bertz CT molecular complexity index is 918. The lowest BCUT2D eigenvalue weighted by Crippen LogP contribution is -2.35. The number of hydrogen-bond acceptors (Lipinski definition) is 2. The molecule has 0 unspecified atom stereocenters. The fourth-order valence-corrected chi connectivity index (χ4v) is 10.9. The van der Waals surface area contributed by atoms with Crippen molar-refractivity contribution < 1.29 is 0 Å². The molecule has 0 spiro atoms. The van der Waals surface area contributed by atoms with Gasteiger partial charge in [-0.05, 0) is 80.2 Å². The summed E-state index contributed by atoms with van der Waals surface area (Å²) in [6.45, 7) is 14.9. The highest BCUT2D eigenvalue weighted by molar-refractivity contribution is 7.28. The summed E-state index contributed by atoms with van der Waals surface area (Å²) in [5, 5.41) is 0. The lowest BCUT2D eigenvalue weighted by atomic mass is 9.88. The van der Waals surface area contributed by atoms with Gasteiger partial charge in [0.15, 0.2) is 0 Å². The molecule has 0 saturated heterocycles. The molecule has 3 aliphatic carbocycles. The number of allylic oxidation sites excluding steroid dienone is 4. The molecule has 3 aliphatic rings. The Balaban J connectivity index is 1.55. The van der Waals surface area contributed by atoms with E-state index in [0.29, 0.717) is 0 Å². The van der Waals surface area contributed by atoms with E-state index in [1.54, 1.807) is 52.2 Å². The maximum atomic E-state index is 2.57. The van der Waals surface area contributed by atoms with Gasteiger partial charge in [0.2, 0.25) is 0 Å². The monoisotopic (exact) mass is 412 g/mol. The van der Waals surface area contributed by atoms with Gasteiger partial charge in [-0.25, -0.2) is 0 Å². The minimum absolute atomic E-state index is 1.19. The molecule has 0 bridgehead atoms. The maximum Gasteiger partial charge on any atom is 0.0904 e. The minimum Gasteiger partial charge on any atom is -0.145 e. The van der Waals surface area contributed by atoms with Gasteiger partial charge >= 0.3 is 0 Å². The summed E-state index contributed by atoms with van der Waals surface area (Å²) in [5.41, 5.74) is 10.1. The van der Waals surface area contributed by atoms with Gasteiger partial charge in [-0.1, -0.05) is 39.3 Å². The first-order valence-corrected chi connectivity index (χ1v) is 18.5. The van der Waals surface area contributed by atoms with Crippen molar-refractivity contribution in [2.75, 3.05) is 0 Å². The van der Waals surface area contributed by atoms with Crippen molar-refractivity contribution in [1.82, 2.24) is 0 Å². The third-order valence-electron chi connectivity index (χ3n) is 6.10. The minimum atomic E-state index is -1.19. The molecular weight excluding hydrogens is 385 g/mol. The van der Waals surface area contributed by atoms with E-state index in [1.807, 2.05) is 0 Å². The Kier molecular flexibility index (Phi) is 3.64. The molecule has 0 nitrogen and oxygen atoms in total. The van der Waals surface area contributed by atoms with Crippen LogP contribution in [-0.2, 0) is 12.8 Å². The molecule has 2 heterocycles. The third kappa shape index (κ3) is 2.49. The SMILES string of the molecule is C[Si](C)(C)c1cc2c(s1)C1=C(C2)C2=C(CC1)c1sc([Si](C)(C)C)cc1C2. The van der Waals surface area contributed by atoms with E-state index in [4.69, 9.17) is 0 Å². The zero-order chi connectivity index (χ0) is 18.4. The Morgan fingerprint density at radius 1 is 0.615 bits per heavy atom. The van der Waals surface area contributed by atoms with Crippen LogP contribution >= 0.6 is 22.7 Å². The lowest BCUT2D eigenvalue weighted by molar-refractivity contribution is 1.03. The predicted molar refractivity (Wildman–Crippen MR) is 125 cm³/mol. The summed E-state index contributed by atoms with van der Waals surface area (Å²) in [6, 6.07) is 5.14. The van der Waals surface area contributed by atoms with E-state index in [0.717, 1.165) is 0 Å². The van der Waals surface area contributed by atoms with E-state index in [9.17, 15) is 0 Å². The standard InChI is InChI=1S/C22H28S2Si2/c1-25(2,3)19-11-13-9-17-15(21(13)23-19)7-8-16-18(17)10-14-12-20(24-22(14)16)26(4,5)6/h11-12H,7-10H2,1-6H3. The number of rotatable bonds is 2. The van der Waals surface area contributed by atoms with Gasteiger partial charge in [-0.15, -0.1) is 22.7 Å². The Hall–Kier alpha value is -0.686. The molecule has 0 aliphatic heterocycles. The van der Waals surface area contributed by atoms with Crippen molar-refractivity contribution in [3.63, 3.8) is 0 Å². The zero-order valence-corrected chi connectivity index (χ0v) is 20.4. The highest BCUT2D eigenvalue weighted by atomic mass is 32.1. The number of fused-ring (bicyclic) bond motifs is 5. The summed E-state index contributed by atoms with van der Waals surface area (Å²) in [6.07, 6.45) is 4.96. The molecule has 0 atom stereocenters. The van der Waals surface area contributed by atoms with Gasteiger partial charge in [0.1, 0.15) is 0 Å². The van der Waals surface area contributed by atoms with E-state index < -0.39 is 16.1 Å². The highest BCUT2D eigenvalue weighted by Gasteiger charge is 2.37. The van der Waals surface area contributed by atoms with Gasteiger partial charge < -0.3 is 0 Å². The molecule has 0 radical (unpaired) electrons. The van der Waals surface area contributed by atoms with E-state index >= 15 is 0 Å². The van der Waals surface area contributed by atoms with E-state index in [1.165, 1.54) is 25.7 Å².